The van der Waals surface area contributed by atoms with Crippen LogP contribution in [0.25, 0.3) is 22.0 Å². The van der Waals surface area contributed by atoms with Gasteiger partial charge in [-0.25, -0.2) is 4.79 Å². The van der Waals surface area contributed by atoms with E-state index in [1.165, 1.54) is 6.07 Å². The Balaban J connectivity index is 0.974. The second-order valence-electron chi connectivity index (χ2n) is 18.3. The molecule has 0 radical (unpaired) electrons. The summed E-state index contributed by atoms with van der Waals surface area (Å²) < 4.78 is 12.8. The quantitative estimate of drug-likeness (QED) is 0.0646. The minimum Gasteiger partial charge on any atom is -0.506 e. The molecular weight excluding hydrogens is 759 g/mol. The zero-order valence-corrected chi connectivity index (χ0v) is 36.6. The van der Waals surface area contributed by atoms with Crippen LogP contribution in [0.1, 0.15) is 102 Å². The molecule has 4 aromatic rings. The molecule has 3 aromatic carbocycles. The summed E-state index contributed by atoms with van der Waals surface area (Å²) in [6.45, 7) is 12.6. The number of aromatic hydroxyl groups is 1. The molecule has 7 N–H and O–H groups in total. The fourth-order valence-electron chi connectivity index (χ4n) is 8.19. The summed E-state index contributed by atoms with van der Waals surface area (Å²) in [4.78, 5) is 41.0. The van der Waals surface area contributed by atoms with Crippen LogP contribution in [-0.4, -0.2) is 61.7 Å². The first kappa shape index (κ1) is 44.1. The van der Waals surface area contributed by atoms with Crippen molar-refractivity contribution in [3.63, 3.8) is 0 Å². The number of ether oxygens (including phenoxy) is 1. The van der Waals surface area contributed by atoms with Gasteiger partial charge in [0.15, 0.2) is 8.32 Å². The molecule has 2 amide bonds. The number of H-pyrrole nitrogens is 1. The summed E-state index contributed by atoms with van der Waals surface area (Å²) in [7, 11) is -2.18. The van der Waals surface area contributed by atoms with Gasteiger partial charge in [-0.05, 0) is 130 Å². The fourth-order valence-corrected chi connectivity index (χ4v) is 9.46. The van der Waals surface area contributed by atoms with Crippen LogP contribution in [0.5, 0.6) is 5.75 Å². The molecule has 0 bridgehead atoms. The lowest BCUT2D eigenvalue weighted by Gasteiger charge is -2.40. The van der Waals surface area contributed by atoms with E-state index < -0.39 is 14.4 Å². The summed E-state index contributed by atoms with van der Waals surface area (Å²) in [5.74, 6) is 0.612. The van der Waals surface area contributed by atoms with Crippen LogP contribution in [-0.2, 0) is 20.4 Å². The van der Waals surface area contributed by atoms with Gasteiger partial charge in [0.25, 0.3) is 0 Å². The number of nitrogens with one attached hydrogen (secondary N) is 4. The molecule has 0 saturated heterocycles. The SMILES string of the molecule is CC(C)(C)[Si](C)(C)O[C@@H](CNC[C@H]1CC[C@H](NC(=O)CCCc2ccc(-c3ccccc3)c(NC(=O)O[C@H]3CC[C@H](N)CC3)c2)CC1)c1ccc(O)c2[nH]c(=O)ccc12. The zero-order chi connectivity index (χ0) is 42.2. The number of phenols is 1. The van der Waals surface area contributed by atoms with Crippen molar-refractivity contribution in [2.75, 3.05) is 18.4 Å². The molecule has 0 unspecified atom stereocenters. The normalized spacial score (nSPS) is 20.5. The van der Waals surface area contributed by atoms with Gasteiger partial charge in [-0.15, -0.1) is 0 Å². The fraction of sp³-hybridized carbons (Fsp3) is 0.511. The summed E-state index contributed by atoms with van der Waals surface area (Å²) in [5, 5.41) is 21.3. The van der Waals surface area contributed by atoms with Crippen LogP contribution in [0.4, 0.5) is 10.5 Å². The van der Waals surface area contributed by atoms with Crippen LogP contribution in [0, 0.1) is 5.92 Å². The molecule has 2 fully saturated rings. The van der Waals surface area contributed by atoms with E-state index in [4.69, 9.17) is 14.9 Å². The standard InChI is InChI=1S/C47H65N5O6Si/c1-47(2,3)59(4,5)58-42(38-24-26-41(53)45-39(38)25-27-44(55)52-45)30-49-29-32-14-19-35(20-15-32)50-43(54)13-9-10-31-16-23-37(33-11-7-6-8-12-33)40(28-31)51-46(56)57-36-21-17-34(48)18-22-36/h6-8,11-12,16,23-28,32,34-36,42,49,53H,9-10,13-15,17-22,29-30,48H2,1-5H3,(H,50,54)(H,51,56)(H,52,55)/t32-,34-,35-,36-,42-/m0/s1. The van der Waals surface area contributed by atoms with Crippen molar-refractivity contribution >= 4 is 36.9 Å². The van der Waals surface area contributed by atoms with Crippen molar-refractivity contribution in [3.8, 4) is 16.9 Å². The highest BCUT2D eigenvalue weighted by atomic mass is 28.4. The molecule has 11 nitrogen and oxygen atoms in total. The van der Waals surface area contributed by atoms with Crippen molar-refractivity contribution < 1.29 is 23.9 Å². The van der Waals surface area contributed by atoms with E-state index in [1.807, 2.05) is 48.5 Å². The number of phenolic OH excluding ortho intramolecular Hbond substituents is 1. The summed E-state index contributed by atoms with van der Waals surface area (Å²) in [6, 6.07) is 23.3. The third kappa shape index (κ3) is 12.1. The van der Waals surface area contributed by atoms with Crippen LogP contribution >= 0.6 is 0 Å². The molecule has 1 aromatic heterocycles. The Kier molecular flexibility index (Phi) is 14.7. The Morgan fingerprint density at radius 2 is 1.66 bits per heavy atom. The van der Waals surface area contributed by atoms with Gasteiger partial charge in [0.05, 0.1) is 17.3 Å². The van der Waals surface area contributed by atoms with Crippen LogP contribution in [0.2, 0.25) is 18.1 Å². The zero-order valence-electron chi connectivity index (χ0n) is 35.6. The van der Waals surface area contributed by atoms with Gasteiger partial charge in [0.2, 0.25) is 11.5 Å². The van der Waals surface area contributed by atoms with E-state index in [0.29, 0.717) is 42.9 Å². The van der Waals surface area contributed by atoms with E-state index in [2.05, 4.69) is 60.9 Å². The maximum Gasteiger partial charge on any atom is 0.411 e. The Morgan fingerprint density at radius 1 is 0.932 bits per heavy atom. The third-order valence-corrected chi connectivity index (χ3v) is 17.2. The number of aromatic amines is 1. The average molecular weight is 824 g/mol. The molecule has 2 saturated carbocycles. The van der Waals surface area contributed by atoms with Crippen molar-refractivity contribution in [1.82, 2.24) is 15.6 Å². The summed E-state index contributed by atoms with van der Waals surface area (Å²) in [6.07, 6.45) is 8.23. The van der Waals surface area contributed by atoms with E-state index in [9.17, 15) is 19.5 Å². The average Bonchev–Trinajstić information content (AvgIpc) is 3.19. The molecule has 2 aliphatic carbocycles. The van der Waals surface area contributed by atoms with Gasteiger partial charge in [-0.3, -0.25) is 14.9 Å². The Hall–Kier alpha value is -4.49. The van der Waals surface area contributed by atoms with Crippen molar-refractivity contribution in [1.29, 1.82) is 0 Å². The number of rotatable bonds is 15. The topological polar surface area (TPSA) is 168 Å². The second kappa shape index (κ2) is 19.7. The maximum atomic E-state index is 13.1. The minimum absolute atomic E-state index is 0.00560. The van der Waals surface area contributed by atoms with E-state index in [-0.39, 0.29) is 46.5 Å². The number of pyridine rings is 1. The van der Waals surface area contributed by atoms with Gasteiger partial charge in [0, 0.05) is 42.1 Å². The number of hydrogen-bond donors (Lipinski definition) is 6. The number of nitrogens with two attached hydrogens (primary N) is 1. The third-order valence-electron chi connectivity index (χ3n) is 12.7. The van der Waals surface area contributed by atoms with Crippen molar-refractivity contribution in [2.24, 2.45) is 11.7 Å². The van der Waals surface area contributed by atoms with Gasteiger partial charge >= 0.3 is 6.09 Å². The molecule has 1 atom stereocenters. The van der Waals surface area contributed by atoms with Crippen LogP contribution in [0.3, 0.4) is 0 Å². The molecule has 0 aliphatic heterocycles. The van der Waals surface area contributed by atoms with E-state index in [0.717, 1.165) is 85.6 Å². The number of benzene rings is 3. The highest BCUT2D eigenvalue weighted by molar-refractivity contribution is 6.74. The molecule has 0 spiro atoms. The molecule has 6 rings (SSSR count). The lowest BCUT2D eigenvalue weighted by Crippen LogP contribution is -2.44. The highest BCUT2D eigenvalue weighted by Gasteiger charge is 2.40. The summed E-state index contributed by atoms with van der Waals surface area (Å²) >= 11 is 0. The lowest BCUT2D eigenvalue weighted by atomic mass is 9.86. The predicted molar refractivity (Wildman–Crippen MR) is 239 cm³/mol. The first-order chi connectivity index (χ1) is 28.1. The number of aromatic nitrogens is 1. The van der Waals surface area contributed by atoms with Gasteiger partial charge in [-0.2, -0.15) is 0 Å². The molecule has 1 heterocycles. The Bertz CT molecular complexity index is 2080. The maximum absolute atomic E-state index is 13.1. The predicted octanol–water partition coefficient (Wildman–Crippen LogP) is 9.07. The largest absolute Gasteiger partial charge is 0.506 e. The molecule has 2 aliphatic rings. The van der Waals surface area contributed by atoms with E-state index in [1.54, 1.807) is 12.1 Å². The van der Waals surface area contributed by atoms with Gasteiger partial charge in [0.1, 0.15) is 11.9 Å². The van der Waals surface area contributed by atoms with E-state index >= 15 is 0 Å². The second-order valence-corrected chi connectivity index (χ2v) is 23.0. The smallest absolute Gasteiger partial charge is 0.411 e. The van der Waals surface area contributed by atoms with Gasteiger partial charge in [-0.1, -0.05) is 69.3 Å². The number of anilines is 1. The van der Waals surface area contributed by atoms with Crippen LogP contribution in [0.15, 0.2) is 77.6 Å². The number of carbonyl (C=O) groups excluding carboxylic acids is 2. The first-order valence-electron chi connectivity index (χ1n) is 21.6. The molecule has 59 heavy (non-hydrogen) atoms. The molecule has 318 valence electrons. The number of amides is 2. The number of hydrogen-bond acceptors (Lipinski definition) is 8. The van der Waals surface area contributed by atoms with Crippen molar-refractivity contribution in [2.45, 2.75) is 134 Å². The number of carbonyl (C=O) groups is 2. The van der Waals surface area contributed by atoms with Crippen molar-refractivity contribution in [3.05, 3.63) is 94.3 Å². The molecule has 12 heteroatoms. The number of aryl methyl sites for hydroxylation is 1. The summed E-state index contributed by atoms with van der Waals surface area (Å²) in [5.41, 5.74) is 10.8. The minimum atomic E-state index is -2.18. The monoisotopic (exact) mass is 823 g/mol. The number of fused-ring (bicyclic) bond motifs is 1. The Morgan fingerprint density at radius 3 is 2.37 bits per heavy atom. The van der Waals surface area contributed by atoms with Gasteiger partial charge < -0.3 is 35.6 Å². The lowest BCUT2D eigenvalue weighted by molar-refractivity contribution is -0.122. The molecular formula is C47H65N5O6Si. The Labute approximate surface area is 350 Å². The first-order valence-corrected chi connectivity index (χ1v) is 24.5. The highest BCUT2D eigenvalue weighted by Crippen LogP contribution is 2.41. The van der Waals surface area contributed by atoms with Crippen LogP contribution < -0.4 is 27.2 Å².